The summed E-state index contributed by atoms with van der Waals surface area (Å²) >= 11 is 12.0. The molecule has 0 aliphatic carbocycles. The maximum Gasteiger partial charge on any atom is 0.336 e. The first-order valence-electron chi connectivity index (χ1n) is 14.1. The van der Waals surface area contributed by atoms with Crippen LogP contribution < -0.4 is 5.32 Å². The van der Waals surface area contributed by atoms with Crippen molar-refractivity contribution in [3.8, 4) is 0 Å². The number of carbonyl (C=O) groups is 3. The van der Waals surface area contributed by atoms with Crippen molar-refractivity contribution in [3.63, 3.8) is 0 Å². The summed E-state index contributed by atoms with van der Waals surface area (Å²) < 4.78 is 10.7. The van der Waals surface area contributed by atoms with E-state index in [1.165, 1.54) is 16.3 Å². The summed E-state index contributed by atoms with van der Waals surface area (Å²) in [7, 11) is 0. The Morgan fingerprint density at radius 2 is 1.38 bits per heavy atom. The summed E-state index contributed by atoms with van der Waals surface area (Å²) in [5.41, 5.74) is 2.30. The highest BCUT2D eigenvalue weighted by atomic mass is 35.5. The molecule has 3 rings (SSSR count). The van der Waals surface area contributed by atoms with Crippen LogP contribution in [0.25, 0.3) is 10.8 Å². The Morgan fingerprint density at radius 1 is 0.714 bits per heavy atom. The maximum atomic E-state index is 12.9. The number of hydrogen-bond acceptors (Lipinski definition) is 5. The molecule has 10 heteroatoms. The van der Waals surface area contributed by atoms with Gasteiger partial charge in [-0.2, -0.15) is 0 Å². The number of aliphatic carboxylic acids is 2. The van der Waals surface area contributed by atoms with Crippen LogP contribution in [0.2, 0.25) is 10.0 Å². The number of aryl methyl sites for hydroxylation is 2. The third-order valence-electron chi connectivity index (χ3n) is 6.81. The van der Waals surface area contributed by atoms with Gasteiger partial charge < -0.3 is 25.0 Å². The quantitative estimate of drug-likeness (QED) is 0.134. The average molecular weight is 619 g/mol. The molecule has 0 bridgehead atoms. The minimum absolute atomic E-state index is 0.139. The summed E-state index contributed by atoms with van der Waals surface area (Å²) in [5.74, 6) is -3.45. The zero-order chi connectivity index (χ0) is 30.3. The van der Waals surface area contributed by atoms with Crippen LogP contribution in [0.5, 0.6) is 0 Å². The van der Waals surface area contributed by atoms with Crippen LogP contribution in [0.1, 0.15) is 49.7 Å². The number of hydrogen-bond donors (Lipinski definition) is 3. The Kier molecular flexibility index (Phi) is 14.1. The zero-order valence-corrected chi connectivity index (χ0v) is 24.9. The fourth-order valence-corrected chi connectivity index (χ4v) is 4.92. The van der Waals surface area contributed by atoms with E-state index in [2.05, 4.69) is 35.6 Å². The van der Waals surface area contributed by atoms with Gasteiger partial charge in [0.1, 0.15) is 6.61 Å². The summed E-state index contributed by atoms with van der Waals surface area (Å²) in [6.07, 6.45) is 3.16. The van der Waals surface area contributed by atoms with Gasteiger partial charge in [0.25, 0.3) is 5.91 Å². The van der Waals surface area contributed by atoms with Crippen molar-refractivity contribution < 1.29 is 34.1 Å². The van der Waals surface area contributed by atoms with Crippen molar-refractivity contribution in [3.05, 3.63) is 81.8 Å². The Balaban J connectivity index is 1.43. The number of carbonyl (C=O) groups excluding carboxylic acids is 1. The van der Waals surface area contributed by atoms with Gasteiger partial charge in [0.15, 0.2) is 12.2 Å². The molecule has 0 radical (unpaired) electrons. The van der Waals surface area contributed by atoms with Crippen LogP contribution in [0, 0.1) is 0 Å². The summed E-state index contributed by atoms with van der Waals surface area (Å²) in [6, 6.07) is 20.1. The van der Waals surface area contributed by atoms with Gasteiger partial charge in [-0.15, -0.1) is 0 Å². The Morgan fingerprint density at radius 3 is 2.07 bits per heavy atom. The van der Waals surface area contributed by atoms with Gasteiger partial charge in [-0.05, 0) is 72.6 Å². The predicted molar refractivity (Wildman–Crippen MR) is 163 cm³/mol. The number of benzene rings is 3. The Bertz CT molecular complexity index is 1330. The number of nitrogens with one attached hydrogen (secondary N) is 1. The smallest absolute Gasteiger partial charge is 0.336 e. The van der Waals surface area contributed by atoms with Crippen molar-refractivity contribution in [2.24, 2.45) is 0 Å². The van der Waals surface area contributed by atoms with E-state index in [-0.39, 0.29) is 6.61 Å². The van der Waals surface area contributed by atoms with Gasteiger partial charge in [-0.1, -0.05) is 84.6 Å². The van der Waals surface area contributed by atoms with Crippen molar-refractivity contribution in [1.29, 1.82) is 0 Å². The first-order valence-corrected chi connectivity index (χ1v) is 14.9. The van der Waals surface area contributed by atoms with Gasteiger partial charge in [-0.25, -0.2) is 9.59 Å². The third kappa shape index (κ3) is 11.2. The zero-order valence-electron chi connectivity index (χ0n) is 23.4. The number of fused-ring (bicyclic) bond motifs is 1. The molecular formula is C32H37Cl2NO7. The third-order valence-corrected chi connectivity index (χ3v) is 7.55. The topological polar surface area (TPSA) is 122 Å². The fourth-order valence-electron chi connectivity index (χ4n) is 4.60. The minimum atomic E-state index is -1.74. The molecule has 0 fully saturated rings. The Labute approximate surface area is 255 Å². The van der Waals surface area contributed by atoms with E-state index in [0.29, 0.717) is 29.4 Å². The highest BCUT2D eigenvalue weighted by Gasteiger charge is 2.36. The lowest BCUT2D eigenvalue weighted by atomic mass is 10.0. The largest absolute Gasteiger partial charge is 0.480 e. The second-order valence-electron chi connectivity index (χ2n) is 10.1. The molecule has 0 aliphatic heterocycles. The molecular weight excluding hydrogens is 581 g/mol. The molecule has 8 nitrogen and oxygen atoms in total. The van der Waals surface area contributed by atoms with Crippen molar-refractivity contribution in [1.82, 2.24) is 5.32 Å². The molecule has 0 heterocycles. The van der Waals surface area contributed by atoms with Crippen LogP contribution in [0.4, 0.5) is 0 Å². The molecule has 0 saturated heterocycles. The molecule has 3 N–H and O–H groups in total. The number of carboxylic acids is 2. The van der Waals surface area contributed by atoms with Crippen LogP contribution in [0.3, 0.4) is 0 Å². The van der Waals surface area contributed by atoms with Crippen LogP contribution >= 0.6 is 23.2 Å². The van der Waals surface area contributed by atoms with E-state index in [1.807, 2.05) is 24.3 Å². The number of rotatable bonds is 19. The maximum absolute atomic E-state index is 12.9. The minimum Gasteiger partial charge on any atom is -0.480 e. The number of halogens is 2. The molecule has 0 spiro atoms. The molecule has 0 aromatic heterocycles. The summed E-state index contributed by atoms with van der Waals surface area (Å²) in [4.78, 5) is 35.7. The molecule has 2 unspecified atom stereocenters. The van der Waals surface area contributed by atoms with Crippen molar-refractivity contribution >= 4 is 51.8 Å². The highest BCUT2D eigenvalue weighted by Crippen LogP contribution is 2.23. The molecule has 0 aliphatic rings. The van der Waals surface area contributed by atoms with Crippen LogP contribution in [-0.2, 0) is 36.7 Å². The standard InChI is InChI=1S/C32H37Cl2NO7/c33-26-16-14-23(20-27(26)34)10-3-1-7-17-35-31(38)29(30(32(39)40)42-21-28(36)37)41-18-8-2-4-9-22-13-15-24-11-5-6-12-25(24)19-22/h5-6,11-16,19-20,29-30H,1-4,7-10,17-18,21H2,(H,35,38)(H,36,37)(H,39,40). The van der Waals surface area contributed by atoms with Crippen LogP contribution in [0.15, 0.2) is 60.7 Å². The van der Waals surface area contributed by atoms with Gasteiger partial charge >= 0.3 is 11.9 Å². The molecule has 3 aromatic carbocycles. The monoisotopic (exact) mass is 617 g/mol. The van der Waals surface area contributed by atoms with Gasteiger partial charge in [0.2, 0.25) is 0 Å². The van der Waals surface area contributed by atoms with Gasteiger partial charge in [-0.3, -0.25) is 4.79 Å². The van der Waals surface area contributed by atoms with Gasteiger partial charge in [0.05, 0.1) is 10.0 Å². The van der Waals surface area contributed by atoms with E-state index < -0.39 is 36.7 Å². The first kappa shape index (κ1) is 33.3. The van der Waals surface area contributed by atoms with Crippen LogP contribution in [-0.4, -0.2) is 60.0 Å². The van der Waals surface area contributed by atoms with E-state index >= 15 is 0 Å². The normalized spacial score (nSPS) is 12.6. The summed E-state index contributed by atoms with van der Waals surface area (Å²) in [5, 5.41) is 24.7. The number of amides is 1. The van der Waals surface area contributed by atoms with E-state index in [9.17, 15) is 19.5 Å². The summed E-state index contributed by atoms with van der Waals surface area (Å²) in [6.45, 7) is -0.401. The van der Waals surface area contributed by atoms with Crippen molar-refractivity contribution in [2.45, 2.75) is 63.6 Å². The molecule has 2 atom stereocenters. The molecule has 3 aromatic rings. The fraction of sp³-hybridized carbons (Fsp3) is 0.406. The number of carboxylic acid groups (broad SMARTS) is 2. The SMILES string of the molecule is O=C(O)COC(C(=O)O)C(OCCCCCc1ccc2ccccc2c1)C(=O)NCCCCCc1ccc(Cl)c(Cl)c1. The van der Waals surface area contributed by atoms with Gasteiger partial charge in [0, 0.05) is 13.2 Å². The molecule has 226 valence electrons. The number of unbranched alkanes of at least 4 members (excludes halogenated alkanes) is 4. The lowest BCUT2D eigenvalue weighted by Gasteiger charge is -2.23. The number of ether oxygens (including phenoxy) is 2. The first-order chi connectivity index (χ1) is 20.2. The second kappa shape index (κ2) is 17.7. The Hall–Kier alpha value is -3.17. The lowest BCUT2D eigenvalue weighted by Crippen LogP contribution is -2.49. The predicted octanol–water partition coefficient (Wildman–Crippen LogP) is 6.33. The lowest BCUT2D eigenvalue weighted by molar-refractivity contribution is -0.172. The molecule has 1 amide bonds. The second-order valence-corrected chi connectivity index (χ2v) is 10.9. The molecule has 42 heavy (non-hydrogen) atoms. The van der Waals surface area contributed by atoms with E-state index in [0.717, 1.165) is 44.1 Å². The van der Waals surface area contributed by atoms with Crippen molar-refractivity contribution in [2.75, 3.05) is 19.8 Å². The van der Waals surface area contributed by atoms with E-state index in [1.54, 1.807) is 6.07 Å². The average Bonchev–Trinajstić information content (AvgIpc) is 2.96. The van der Waals surface area contributed by atoms with E-state index in [4.69, 9.17) is 37.8 Å². The molecule has 0 saturated carbocycles. The highest BCUT2D eigenvalue weighted by molar-refractivity contribution is 6.42.